The Bertz CT molecular complexity index is 1300. The predicted octanol–water partition coefficient (Wildman–Crippen LogP) is 3.32. The highest BCUT2D eigenvalue weighted by molar-refractivity contribution is 7.25. The number of nitrogens with one attached hydrogen (secondary N) is 1. The monoisotopic (exact) mass is 430 g/mol. The van der Waals surface area contributed by atoms with Crippen LogP contribution in [-0.2, 0) is 11.3 Å². The van der Waals surface area contributed by atoms with Crippen molar-refractivity contribution in [2.45, 2.75) is 6.54 Å². The number of pyridine rings is 1. The van der Waals surface area contributed by atoms with Crippen LogP contribution in [0.15, 0.2) is 41.6 Å². The van der Waals surface area contributed by atoms with Crippen molar-refractivity contribution >= 4 is 55.0 Å². The molecule has 148 valence electrons. The lowest BCUT2D eigenvalue weighted by Crippen LogP contribution is -2.27. The van der Waals surface area contributed by atoms with Crippen LogP contribution >= 0.6 is 22.9 Å². The number of fused-ring (bicyclic) bond motifs is 3. The highest BCUT2D eigenvalue weighted by Crippen LogP contribution is 2.36. The smallest absolute Gasteiger partial charge is 0.271 e. The molecule has 0 fully saturated rings. The summed E-state index contributed by atoms with van der Waals surface area (Å²) in [4.78, 5) is 34.7. The average Bonchev–Trinajstić information content (AvgIpc) is 3.10. The molecule has 0 saturated carbocycles. The van der Waals surface area contributed by atoms with Gasteiger partial charge in [-0.2, -0.15) is 0 Å². The third kappa shape index (κ3) is 3.50. The number of thiophene rings is 1. The van der Waals surface area contributed by atoms with Gasteiger partial charge < -0.3 is 14.8 Å². The molecule has 3 heterocycles. The van der Waals surface area contributed by atoms with E-state index < -0.39 is 5.91 Å². The first-order valence-corrected chi connectivity index (χ1v) is 9.65. The lowest BCUT2D eigenvalue weighted by Gasteiger charge is -2.13. The van der Waals surface area contributed by atoms with Crippen molar-refractivity contribution in [3.05, 3.63) is 52.2 Å². The van der Waals surface area contributed by atoms with E-state index in [1.54, 1.807) is 18.3 Å². The normalized spacial score (nSPS) is 11.0. The van der Waals surface area contributed by atoms with Gasteiger partial charge in [0.15, 0.2) is 0 Å². The van der Waals surface area contributed by atoms with Crippen LogP contribution < -0.4 is 20.3 Å². The number of carbonyl (C=O) groups is 1. The fraction of sp³-hybridized carbons (Fsp3) is 0.158. The van der Waals surface area contributed by atoms with Gasteiger partial charge in [-0.05, 0) is 18.2 Å². The van der Waals surface area contributed by atoms with Crippen molar-refractivity contribution in [3.63, 3.8) is 0 Å². The molecule has 0 radical (unpaired) electrons. The maximum atomic E-state index is 12.8. The molecule has 0 aliphatic rings. The average molecular weight is 431 g/mol. The number of aromatic nitrogens is 3. The number of carbonyl (C=O) groups excluding carboxylic acids is 1. The van der Waals surface area contributed by atoms with Gasteiger partial charge in [0, 0.05) is 17.6 Å². The SMILES string of the molecule is COc1cc(OC)c(NC(=O)Cn2cnc3c(sc4ncccc43)c2=O)cc1Cl. The van der Waals surface area contributed by atoms with Gasteiger partial charge in [-0.25, -0.2) is 9.97 Å². The van der Waals surface area contributed by atoms with Crippen molar-refractivity contribution in [1.82, 2.24) is 14.5 Å². The van der Waals surface area contributed by atoms with E-state index in [4.69, 9.17) is 21.1 Å². The van der Waals surface area contributed by atoms with Gasteiger partial charge in [0.25, 0.3) is 5.56 Å². The van der Waals surface area contributed by atoms with Crippen LogP contribution in [0.3, 0.4) is 0 Å². The van der Waals surface area contributed by atoms with Crippen LogP contribution in [-0.4, -0.2) is 34.7 Å². The molecule has 0 unspecified atom stereocenters. The minimum absolute atomic E-state index is 0.212. The minimum Gasteiger partial charge on any atom is -0.495 e. The molecule has 0 aliphatic heterocycles. The van der Waals surface area contributed by atoms with E-state index in [0.717, 1.165) is 10.2 Å². The molecule has 0 bridgehead atoms. The van der Waals surface area contributed by atoms with E-state index in [1.165, 1.54) is 42.5 Å². The maximum Gasteiger partial charge on any atom is 0.271 e. The predicted molar refractivity (Wildman–Crippen MR) is 112 cm³/mol. The summed E-state index contributed by atoms with van der Waals surface area (Å²) in [6.45, 7) is -0.212. The highest BCUT2D eigenvalue weighted by Gasteiger charge is 2.16. The van der Waals surface area contributed by atoms with Crippen molar-refractivity contribution in [1.29, 1.82) is 0 Å². The molecule has 0 atom stereocenters. The standard InChI is InChI=1S/C19H15ClN4O4S/c1-27-13-7-14(28-2)12(6-11(13)20)23-15(25)8-24-9-22-16-10-4-3-5-21-18(10)29-17(16)19(24)26/h3-7,9H,8H2,1-2H3,(H,23,25). The van der Waals surface area contributed by atoms with Gasteiger partial charge in [-0.3, -0.25) is 14.2 Å². The van der Waals surface area contributed by atoms with Gasteiger partial charge in [-0.1, -0.05) is 11.6 Å². The van der Waals surface area contributed by atoms with E-state index in [2.05, 4.69) is 15.3 Å². The summed E-state index contributed by atoms with van der Waals surface area (Å²) in [5.74, 6) is 0.383. The molecule has 1 aromatic carbocycles. The van der Waals surface area contributed by atoms with Crippen LogP contribution in [0, 0.1) is 0 Å². The molecule has 4 aromatic rings. The molecule has 1 N–H and O–H groups in total. The zero-order chi connectivity index (χ0) is 20.5. The Morgan fingerprint density at radius 3 is 2.79 bits per heavy atom. The lowest BCUT2D eigenvalue weighted by atomic mass is 10.2. The van der Waals surface area contributed by atoms with Crippen LogP contribution in [0.1, 0.15) is 0 Å². The molecular weight excluding hydrogens is 416 g/mol. The first-order chi connectivity index (χ1) is 14.0. The number of hydrogen-bond donors (Lipinski definition) is 1. The van der Waals surface area contributed by atoms with E-state index >= 15 is 0 Å². The summed E-state index contributed by atoms with van der Waals surface area (Å²) in [6, 6.07) is 6.76. The largest absolute Gasteiger partial charge is 0.495 e. The second kappa shape index (κ2) is 7.69. The summed E-state index contributed by atoms with van der Waals surface area (Å²) >= 11 is 7.39. The summed E-state index contributed by atoms with van der Waals surface area (Å²) in [6.07, 6.45) is 3.03. The van der Waals surface area contributed by atoms with E-state index in [0.29, 0.717) is 32.4 Å². The number of amides is 1. The minimum atomic E-state index is -0.424. The second-order valence-corrected chi connectivity index (χ2v) is 7.46. The Balaban J connectivity index is 1.63. The topological polar surface area (TPSA) is 95.3 Å². The van der Waals surface area contributed by atoms with Gasteiger partial charge in [0.05, 0.1) is 36.8 Å². The van der Waals surface area contributed by atoms with Crippen LogP contribution in [0.5, 0.6) is 11.5 Å². The summed E-state index contributed by atoms with van der Waals surface area (Å²) in [5, 5.41) is 3.84. The fourth-order valence-electron chi connectivity index (χ4n) is 2.92. The Morgan fingerprint density at radius 2 is 2.03 bits per heavy atom. The Morgan fingerprint density at radius 1 is 1.24 bits per heavy atom. The first kappa shape index (κ1) is 19.2. The number of benzene rings is 1. The molecule has 10 heteroatoms. The van der Waals surface area contributed by atoms with Crippen LogP contribution in [0.25, 0.3) is 20.4 Å². The highest BCUT2D eigenvalue weighted by atomic mass is 35.5. The molecule has 0 spiro atoms. The fourth-order valence-corrected chi connectivity index (χ4v) is 4.20. The summed E-state index contributed by atoms with van der Waals surface area (Å²) < 4.78 is 12.1. The molecule has 3 aromatic heterocycles. The van der Waals surface area contributed by atoms with Gasteiger partial charge in [0.1, 0.15) is 27.6 Å². The Hall–Kier alpha value is -3.17. The van der Waals surface area contributed by atoms with Crippen molar-refractivity contribution in [2.24, 2.45) is 0 Å². The van der Waals surface area contributed by atoms with Crippen LogP contribution in [0.4, 0.5) is 5.69 Å². The Labute approximate surface area is 173 Å². The number of rotatable bonds is 5. The van der Waals surface area contributed by atoms with Gasteiger partial charge in [0.2, 0.25) is 5.91 Å². The number of anilines is 1. The molecule has 0 saturated heterocycles. The van der Waals surface area contributed by atoms with E-state index in [-0.39, 0.29) is 12.1 Å². The molecule has 0 aliphatic carbocycles. The maximum absolute atomic E-state index is 12.8. The molecule has 8 nitrogen and oxygen atoms in total. The summed E-state index contributed by atoms with van der Waals surface area (Å²) in [5.41, 5.74) is 0.660. The first-order valence-electron chi connectivity index (χ1n) is 8.46. The summed E-state index contributed by atoms with van der Waals surface area (Å²) in [7, 11) is 2.95. The zero-order valence-electron chi connectivity index (χ0n) is 15.4. The third-order valence-corrected chi connectivity index (χ3v) is 5.67. The van der Waals surface area contributed by atoms with Crippen molar-refractivity contribution in [3.8, 4) is 11.5 Å². The third-order valence-electron chi connectivity index (χ3n) is 4.28. The molecule has 1 amide bonds. The molecule has 4 rings (SSSR count). The molecular formula is C19H15ClN4O4S. The quantitative estimate of drug-likeness (QED) is 0.522. The number of halogens is 1. The lowest BCUT2D eigenvalue weighted by molar-refractivity contribution is -0.116. The van der Waals surface area contributed by atoms with Crippen molar-refractivity contribution in [2.75, 3.05) is 19.5 Å². The number of hydrogen-bond acceptors (Lipinski definition) is 7. The van der Waals surface area contributed by atoms with Gasteiger partial charge >= 0.3 is 0 Å². The van der Waals surface area contributed by atoms with E-state index in [1.807, 2.05) is 6.07 Å². The van der Waals surface area contributed by atoms with Crippen molar-refractivity contribution < 1.29 is 14.3 Å². The number of methoxy groups -OCH3 is 2. The number of ether oxygens (including phenoxy) is 2. The Kier molecular flexibility index (Phi) is 5.08. The van der Waals surface area contributed by atoms with Crippen LogP contribution in [0.2, 0.25) is 5.02 Å². The number of nitrogens with zero attached hydrogens (tertiary/aromatic N) is 3. The second-order valence-electron chi connectivity index (χ2n) is 6.05. The van der Waals surface area contributed by atoms with E-state index in [9.17, 15) is 9.59 Å². The zero-order valence-corrected chi connectivity index (χ0v) is 17.0. The molecule has 29 heavy (non-hydrogen) atoms. The van der Waals surface area contributed by atoms with Gasteiger partial charge in [-0.15, -0.1) is 11.3 Å².